The summed E-state index contributed by atoms with van der Waals surface area (Å²) in [6, 6.07) is 3.00. The van der Waals surface area contributed by atoms with Crippen molar-refractivity contribution in [2.75, 3.05) is 17.6 Å². The van der Waals surface area contributed by atoms with Crippen LogP contribution in [-0.4, -0.2) is 6.54 Å². The van der Waals surface area contributed by atoms with E-state index in [4.69, 9.17) is 5.73 Å². The predicted molar refractivity (Wildman–Crippen MR) is 62.1 cm³/mol. The summed E-state index contributed by atoms with van der Waals surface area (Å²) < 4.78 is 13.8. The average Bonchev–Trinajstić information content (AvgIpc) is 2.09. The van der Waals surface area contributed by atoms with Crippen molar-refractivity contribution in [2.45, 2.75) is 6.92 Å². The highest BCUT2D eigenvalue weighted by Gasteiger charge is 2.03. The van der Waals surface area contributed by atoms with Crippen LogP contribution in [0.3, 0.4) is 0 Å². The molecule has 0 saturated carbocycles. The molecule has 0 aliphatic carbocycles. The minimum absolute atomic E-state index is 0.286. The minimum atomic E-state index is -0.286. The number of halogens is 2. The topological polar surface area (TPSA) is 38.0 Å². The van der Waals surface area contributed by atoms with Gasteiger partial charge in [-0.15, -0.1) is 0 Å². The first kappa shape index (κ1) is 11.0. The SMILES string of the molecule is C=C(Br)CNc1cc(C)c(F)cc1N. The third-order valence-electron chi connectivity index (χ3n) is 1.80. The molecule has 0 amide bonds. The highest BCUT2D eigenvalue weighted by atomic mass is 79.9. The Hall–Kier alpha value is -1.03. The number of hydrogen-bond donors (Lipinski definition) is 2. The van der Waals surface area contributed by atoms with Crippen LogP contribution < -0.4 is 11.1 Å². The second-order valence-electron chi connectivity index (χ2n) is 3.06. The molecule has 0 aliphatic rings. The van der Waals surface area contributed by atoms with Crippen LogP contribution in [0.25, 0.3) is 0 Å². The first-order valence-electron chi connectivity index (χ1n) is 4.13. The Morgan fingerprint density at radius 2 is 2.29 bits per heavy atom. The fourth-order valence-corrected chi connectivity index (χ4v) is 1.18. The monoisotopic (exact) mass is 258 g/mol. The van der Waals surface area contributed by atoms with Gasteiger partial charge >= 0.3 is 0 Å². The maximum Gasteiger partial charge on any atom is 0.128 e. The Bertz CT molecular complexity index is 363. The fourth-order valence-electron chi connectivity index (χ4n) is 1.04. The summed E-state index contributed by atoms with van der Waals surface area (Å²) in [5.41, 5.74) is 7.33. The molecule has 2 nitrogen and oxygen atoms in total. The molecular formula is C10H12BrFN2. The van der Waals surface area contributed by atoms with E-state index in [0.29, 0.717) is 17.8 Å². The van der Waals surface area contributed by atoms with Crippen molar-refractivity contribution in [3.8, 4) is 0 Å². The largest absolute Gasteiger partial charge is 0.397 e. The second kappa shape index (κ2) is 4.46. The highest BCUT2D eigenvalue weighted by Crippen LogP contribution is 2.22. The molecule has 0 unspecified atom stereocenters. The van der Waals surface area contributed by atoms with Gasteiger partial charge in [-0.2, -0.15) is 0 Å². The van der Waals surface area contributed by atoms with Crippen molar-refractivity contribution >= 4 is 27.3 Å². The summed E-state index contributed by atoms with van der Waals surface area (Å²) in [5, 5.41) is 3.04. The van der Waals surface area contributed by atoms with E-state index < -0.39 is 0 Å². The smallest absolute Gasteiger partial charge is 0.128 e. The molecule has 0 atom stereocenters. The Morgan fingerprint density at radius 1 is 1.64 bits per heavy atom. The molecule has 0 radical (unpaired) electrons. The lowest BCUT2D eigenvalue weighted by molar-refractivity contribution is 0.619. The third-order valence-corrected chi connectivity index (χ3v) is 2.08. The van der Waals surface area contributed by atoms with E-state index in [1.807, 2.05) is 0 Å². The molecule has 76 valence electrons. The normalized spacial score (nSPS) is 9.93. The summed E-state index contributed by atoms with van der Waals surface area (Å²) in [6.07, 6.45) is 0. The van der Waals surface area contributed by atoms with Gasteiger partial charge in [0.1, 0.15) is 5.82 Å². The number of anilines is 2. The molecule has 0 aromatic heterocycles. The predicted octanol–water partition coefficient (Wildman–Crippen LogP) is 3.04. The maximum atomic E-state index is 13.0. The Balaban J connectivity index is 2.87. The first-order valence-corrected chi connectivity index (χ1v) is 4.92. The number of nitrogen functional groups attached to an aromatic ring is 1. The fraction of sp³-hybridized carbons (Fsp3) is 0.200. The number of hydrogen-bond acceptors (Lipinski definition) is 2. The number of aryl methyl sites for hydroxylation is 1. The van der Waals surface area contributed by atoms with Gasteiger partial charge in [-0.25, -0.2) is 4.39 Å². The lowest BCUT2D eigenvalue weighted by Crippen LogP contribution is -2.04. The molecule has 0 bridgehead atoms. The van der Waals surface area contributed by atoms with Gasteiger partial charge in [-0.3, -0.25) is 0 Å². The van der Waals surface area contributed by atoms with Gasteiger partial charge in [0, 0.05) is 11.0 Å². The molecule has 1 rings (SSSR count). The first-order chi connectivity index (χ1) is 6.50. The van der Waals surface area contributed by atoms with Crippen LogP contribution in [0.15, 0.2) is 23.2 Å². The molecule has 1 aromatic rings. The van der Waals surface area contributed by atoms with Crippen LogP contribution in [-0.2, 0) is 0 Å². The molecule has 14 heavy (non-hydrogen) atoms. The summed E-state index contributed by atoms with van der Waals surface area (Å²) in [7, 11) is 0. The van der Waals surface area contributed by atoms with E-state index in [1.165, 1.54) is 6.07 Å². The summed E-state index contributed by atoms with van der Waals surface area (Å²) in [6.45, 7) is 5.94. The van der Waals surface area contributed by atoms with Crippen LogP contribution in [0.1, 0.15) is 5.56 Å². The number of nitrogens with two attached hydrogens (primary N) is 1. The minimum Gasteiger partial charge on any atom is -0.397 e. The maximum absolute atomic E-state index is 13.0. The van der Waals surface area contributed by atoms with Gasteiger partial charge in [0.2, 0.25) is 0 Å². The van der Waals surface area contributed by atoms with Gasteiger partial charge < -0.3 is 11.1 Å². The number of rotatable bonds is 3. The highest BCUT2D eigenvalue weighted by molar-refractivity contribution is 9.11. The lowest BCUT2D eigenvalue weighted by Gasteiger charge is -2.09. The van der Waals surface area contributed by atoms with Crippen LogP contribution >= 0.6 is 15.9 Å². The molecule has 4 heteroatoms. The van der Waals surface area contributed by atoms with E-state index in [0.717, 1.165) is 10.2 Å². The van der Waals surface area contributed by atoms with Crippen molar-refractivity contribution in [3.05, 3.63) is 34.6 Å². The third kappa shape index (κ3) is 2.73. The zero-order chi connectivity index (χ0) is 10.7. The van der Waals surface area contributed by atoms with Gasteiger partial charge in [0.05, 0.1) is 11.4 Å². The molecular weight excluding hydrogens is 247 g/mol. The van der Waals surface area contributed by atoms with E-state index >= 15 is 0 Å². The molecule has 0 aliphatic heterocycles. The summed E-state index contributed by atoms with van der Waals surface area (Å²) in [4.78, 5) is 0. The van der Waals surface area contributed by atoms with Crippen molar-refractivity contribution in [3.63, 3.8) is 0 Å². The van der Waals surface area contributed by atoms with Gasteiger partial charge in [-0.05, 0) is 24.6 Å². The van der Waals surface area contributed by atoms with Crippen LogP contribution in [0, 0.1) is 12.7 Å². The van der Waals surface area contributed by atoms with Crippen LogP contribution in [0.5, 0.6) is 0 Å². The lowest BCUT2D eigenvalue weighted by atomic mass is 10.2. The molecule has 1 aromatic carbocycles. The molecule has 0 saturated heterocycles. The van der Waals surface area contributed by atoms with Crippen LogP contribution in [0.2, 0.25) is 0 Å². The van der Waals surface area contributed by atoms with E-state index in [1.54, 1.807) is 13.0 Å². The van der Waals surface area contributed by atoms with Gasteiger partial charge in [0.25, 0.3) is 0 Å². The van der Waals surface area contributed by atoms with E-state index in [9.17, 15) is 4.39 Å². The Morgan fingerprint density at radius 3 is 2.86 bits per heavy atom. The zero-order valence-corrected chi connectivity index (χ0v) is 9.49. The number of benzene rings is 1. The summed E-state index contributed by atoms with van der Waals surface area (Å²) in [5.74, 6) is -0.286. The van der Waals surface area contributed by atoms with Crippen LogP contribution in [0.4, 0.5) is 15.8 Å². The van der Waals surface area contributed by atoms with Crippen molar-refractivity contribution in [1.29, 1.82) is 0 Å². The van der Waals surface area contributed by atoms with Crippen molar-refractivity contribution in [1.82, 2.24) is 0 Å². The molecule has 0 spiro atoms. The average molecular weight is 259 g/mol. The quantitative estimate of drug-likeness (QED) is 0.819. The Kier molecular flexibility index (Phi) is 3.52. The van der Waals surface area contributed by atoms with Gasteiger partial charge in [-0.1, -0.05) is 22.5 Å². The number of nitrogens with one attached hydrogen (secondary N) is 1. The van der Waals surface area contributed by atoms with E-state index in [-0.39, 0.29) is 5.82 Å². The second-order valence-corrected chi connectivity index (χ2v) is 4.18. The van der Waals surface area contributed by atoms with Gasteiger partial charge in [0.15, 0.2) is 0 Å². The summed E-state index contributed by atoms with van der Waals surface area (Å²) >= 11 is 3.22. The Labute approximate surface area is 91.1 Å². The standard InChI is InChI=1S/C10H12BrFN2/c1-6-3-10(14-5-7(2)11)9(13)4-8(6)12/h3-4,14H,2,5,13H2,1H3. The van der Waals surface area contributed by atoms with E-state index in [2.05, 4.69) is 27.8 Å². The molecule has 0 heterocycles. The van der Waals surface area contributed by atoms with Crippen molar-refractivity contribution < 1.29 is 4.39 Å². The molecule has 0 fully saturated rings. The van der Waals surface area contributed by atoms with Crippen molar-refractivity contribution in [2.24, 2.45) is 0 Å². The molecule has 3 N–H and O–H groups in total. The zero-order valence-electron chi connectivity index (χ0n) is 7.90.